The topological polar surface area (TPSA) is 21.3 Å². The number of furan rings is 1. The van der Waals surface area contributed by atoms with Crippen molar-refractivity contribution >= 4 is 71.6 Å². The maximum atomic E-state index is 6.55. The van der Waals surface area contributed by atoms with Crippen LogP contribution in [0.1, 0.15) is 0 Å². The second-order valence-electron chi connectivity index (χ2n) is 15.7. The molecule has 0 radical (unpaired) electrons. The molecule has 12 rings (SSSR count). The van der Waals surface area contributed by atoms with Crippen LogP contribution in [0.2, 0.25) is 0 Å². The quantitative estimate of drug-likeness (QED) is 0.161. The molecule has 0 N–H and O–H groups in total. The highest BCUT2D eigenvalue weighted by molar-refractivity contribution is 6.15. The summed E-state index contributed by atoms with van der Waals surface area (Å²) in [5.74, 6) is 0. The van der Waals surface area contributed by atoms with Gasteiger partial charge in [0.1, 0.15) is 11.2 Å². The molecule has 0 atom stereocenters. The maximum absolute atomic E-state index is 6.55. The second kappa shape index (κ2) is 14.3. The lowest BCUT2D eigenvalue weighted by molar-refractivity contribution is 0.672. The molecule has 0 amide bonds. The SMILES string of the molecule is c1ccc(-c2cccc(-c3ccc(N(c4ccc(-c5cccc(-n6c7ccccc7c7ccccc76)c5)cc4)c4ccc5oc6c7ccccc7ccc6c5c4)cc3)c2)cc1. The van der Waals surface area contributed by atoms with Crippen LogP contribution in [-0.4, -0.2) is 4.57 Å². The van der Waals surface area contributed by atoms with E-state index in [1.165, 1.54) is 49.4 Å². The summed E-state index contributed by atoms with van der Waals surface area (Å²) < 4.78 is 8.93. The summed E-state index contributed by atoms with van der Waals surface area (Å²) in [5.41, 5.74) is 15.6. The smallest absolute Gasteiger partial charge is 0.143 e. The maximum Gasteiger partial charge on any atom is 0.143 e. The highest BCUT2D eigenvalue weighted by Crippen LogP contribution is 2.42. The molecule has 3 nitrogen and oxygen atoms in total. The zero-order chi connectivity index (χ0) is 40.3. The van der Waals surface area contributed by atoms with Crippen LogP contribution in [0.25, 0.3) is 93.6 Å². The largest absolute Gasteiger partial charge is 0.455 e. The Morgan fingerprint density at radius 2 is 0.836 bits per heavy atom. The van der Waals surface area contributed by atoms with Crippen LogP contribution in [0.15, 0.2) is 235 Å². The molecule has 0 saturated heterocycles. The molecule has 10 aromatic carbocycles. The van der Waals surface area contributed by atoms with E-state index in [-0.39, 0.29) is 0 Å². The first kappa shape index (κ1) is 34.9. The summed E-state index contributed by atoms with van der Waals surface area (Å²) in [7, 11) is 0. The minimum Gasteiger partial charge on any atom is -0.455 e. The molecule has 0 aliphatic carbocycles. The normalized spacial score (nSPS) is 11.6. The van der Waals surface area contributed by atoms with Crippen molar-refractivity contribution in [2.45, 2.75) is 0 Å². The number of rotatable bonds is 7. The fourth-order valence-electron chi connectivity index (χ4n) is 9.22. The van der Waals surface area contributed by atoms with Crippen LogP contribution in [0.3, 0.4) is 0 Å². The van der Waals surface area contributed by atoms with E-state index in [0.717, 1.165) is 61.2 Å². The van der Waals surface area contributed by atoms with E-state index in [0.29, 0.717) is 0 Å². The molecule has 0 bridgehead atoms. The summed E-state index contributed by atoms with van der Waals surface area (Å²) in [6.07, 6.45) is 0. The van der Waals surface area contributed by atoms with E-state index < -0.39 is 0 Å². The third-order valence-corrected chi connectivity index (χ3v) is 12.2. The summed E-state index contributed by atoms with van der Waals surface area (Å²) in [6.45, 7) is 0. The minimum absolute atomic E-state index is 0.877. The number of anilines is 3. The van der Waals surface area contributed by atoms with Gasteiger partial charge in [-0.3, -0.25) is 0 Å². The number of para-hydroxylation sites is 2. The van der Waals surface area contributed by atoms with Crippen LogP contribution in [0.4, 0.5) is 17.1 Å². The number of hydrogen-bond donors (Lipinski definition) is 0. The van der Waals surface area contributed by atoms with Gasteiger partial charge in [-0.25, -0.2) is 0 Å². The van der Waals surface area contributed by atoms with E-state index in [2.05, 4.69) is 240 Å². The van der Waals surface area contributed by atoms with E-state index in [1.807, 2.05) is 0 Å². The number of fused-ring (bicyclic) bond motifs is 8. The van der Waals surface area contributed by atoms with Crippen molar-refractivity contribution in [1.29, 1.82) is 0 Å². The Morgan fingerprint density at radius 3 is 1.51 bits per heavy atom. The van der Waals surface area contributed by atoms with Gasteiger partial charge in [-0.2, -0.15) is 0 Å². The minimum atomic E-state index is 0.877. The monoisotopic (exact) mass is 778 g/mol. The Balaban J connectivity index is 0.952. The van der Waals surface area contributed by atoms with Crippen molar-refractivity contribution in [2.75, 3.05) is 4.90 Å². The second-order valence-corrected chi connectivity index (χ2v) is 15.7. The van der Waals surface area contributed by atoms with Gasteiger partial charge in [-0.05, 0) is 118 Å². The van der Waals surface area contributed by atoms with Crippen molar-refractivity contribution in [3.8, 4) is 39.1 Å². The molecule has 12 aromatic rings. The Kier molecular flexibility index (Phi) is 8.17. The van der Waals surface area contributed by atoms with Crippen LogP contribution >= 0.6 is 0 Å². The van der Waals surface area contributed by atoms with Gasteiger partial charge >= 0.3 is 0 Å². The molecule has 2 aromatic heterocycles. The summed E-state index contributed by atoms with van der Waals surface area (Å²) in [6, 6.07) is 82.9. The third-order valence-electron chi connectivity index (χ3n) is 12.2. The third kappa shape index (κ3) is 5.98. The van der Waals surface area contributed by atoms with Crippen molar-refractivity contribution in [3.05, 3.63) is 231 Å². The summed E-state index contributed by atoms with van der Waals surface area (Å²) in [5, 5.41) is 7.03. The molecule has 286 valence electrons. The van der Waals surface area contributed by atoms with Gasteiger partial charge in [-0.1, -0.05) is 152 Å². The van der Waals surface area contributed by atoms with Gasteiger partial charge in [0.25, 0.3) is 0 Å². The zero-order valence-electron chi connectivity index (χ0n) is 33.2. The number of aromatic nitrogens is 1. The van der Waals surface area contributed by atoms with Crippen LogP contribution in [-0.2, 0) is 0 Å². The average molecular weight is 779 g/mol. The molecule has 2 heterocycles. The zero-order valence-corrected chi connectivity index (χ0v) is 33.2. The lowest BCUT2D eigenvalue weighted by atomic mass is 9.99. The van der Waals surface area contributed by atoms with Crippen molar-refractivity contribution in [1.82, 2.24) is 4.57 Å². The first-order valence-electron chi connectivity index (χ1n) is 20.8. The van der Waals surface area contributed by atoms with Crippen LogP contribution in [0, 0.1) is 0 Å². The van der Waals surface area contributed by atoms with Gasteiger partial charge < -0.3 is 13.9 Å². The molecule has 61 heavy (non-hydrogen) atoms. The molecular formula is C58H38N2O. The van der Waals surface area contributed by atoms with Gasteiger partial charge in [0.05, 0.1) is 11.0 Å². The predicted octanol–water partition coefficient (Wildman–Crippen LogP) is 16.3. The van der Waals surface area contributed by atoms with E-state index in [1.54, 1.807) is 0 Å². The highest BCUT2D eigenvalue weighted by atomic mass is 16.3. The molecule has 0 aliphatic rings. The van der Waals surface area contributed by atoms with Gasteiger partial charge in [0, 0.05) is 49.7 Å². The molecule has 0 spiro atoms. The highest BCUT2D eigenvalue weighted by Gasteiger charge is 2.18. The van der Waals surface area contributed by atoms with Gasteiger partial charge in [-0.15, -0.1) is 0 Å². The number of nitrogens with zero attached hydrogens (tertiary/aromatic N) is 2. The Bertz CT molecular complexity index is 3520. The van der Waals surface area contributed by atoms with Crippen molar-refractivity contribution in [2.24, 2.45) is 0 Å². The number of benzene rings is 10. The Morgan fingerprint density at radius 1 is 0.311 bits per heavy atom. The molecule has 0 saturated carbocycles. The van der Waals surface area contributed by atoms with Gasteiger partial charge in [0.2, 0.25) is 0 Å². The fraction of sp³-hybridized carbons (Fsp3) is 0. The molecule has 0 aliphatic heterocycles. The van der Waals surface area contributed by atoms with Crippen molar-refractivity contribution < 1.29 is 4.42 Å². The number of hydrogen-bond acceptors (Lipinski definition) is 2. The summed E-state index contributed by atoms with van der Waals surface area (Å²) in [4.78, 5) is 2.35. The van der Waals surface area contributed by atoms with Crippen LogP contribution < -0.4 is 4.90 Å². The van der Waals surface area contributed by atoms with Crippen LogP contribution in [0.5, 0.6) is 0 Å². The van der Waals surface area contributed by atoms with Gasteiger partial charge in [0.15, 0.2) is 0 Å². The first-order valence-corrected chi connectivity index (χ1v) is 20.8. The molecular weight excluding hydrogens is 741 g/mol. The van der Waals surface area contributed by atoms with E-state index in [9.17, 15) is 0 Å². The van der Waals surface area contributed by atoms with E-state index >= 15 is 0 Å². The molecule has 0 unspecified atom stereocenters. The molecule has 0 fully saturated rings. The lowest BCUT2D eigenvalue weighted by Gasteiger charge is -2.26. The predicted molar refractivity (Wildman–Crippen MR) is 257 cm³/mol. The fourth-order valence-corrected chi connectivity index (χ4v) is 9.22. The first-order chi connectivity index (χ1) is 30.2. The Hall–Kier alpha value is -8.14. The Labute approximate surface area is 353 Å². The van der Waals surface area contributed by atoms with Crippen molar-refractivity contribution in [3.63, 3.8) is 0 Å². The van der Waals surface area contributed by atoms with E-state index in [4.69, 9.17) is 4.42 Å². The molecule has 3 heteroatoms. The standard InChI is InChI=1S/C58H38N2O/c1-2-12-39(13-3-1)43-15-10-16-44(36-43)40-24-29-46(30-25-40)59(49-33-35-57-54(38-49)53-34-28-42-14-4-5-19-50(42)58(53)61-57)47-31-26-41(27-32-47)45-17-11-18-48(37-45)60-55-22-8-6-20-51(55)52-21-7-9-23-56(52)60/h1-38H. The lowest BCUT2D eigenvalue weighted by Crippen LogP contribution is -2.09. The summed E-state index contributed by atoms with van der Waals surface area (Å²) >= 11 is 0. The average Bonchev–Trinajstić information content (AvgIpc) is 3.88.